The molecule has 0 atom stereocenters. The summed E-state index contributed by atoms with van der Waals surface area (Å²) in [5, 5.41) is 5.27. The lowest BCUT2D eigenvalue weighted by Crippen LogP contribution is -2.17. The summed E-state index contributed by atoms with van der Waals surface area (Å²) in [5.41, 5.74) is 1.62. The minimum Gasteiger partial charge on any atom is -0.322 e. The summed E-state index contributed by atoms with van der Waals surface area (Å²) >= 11 is 0. The van der Waals surface area contributed by atoms with Gasteiger partial charge < -0.3 is 10.6 Å². The van der Waals surface area contributed by atoms with Gasteiger partial charge >= 0.3 is 0 Å². The molecule has 0 unspecified atom stereocenters. The average Bonchev–Trinajstić information content (AvgIpc) is 2.70. The van der Waals surface area contributed by atoms with E-state index in [1.807, 2.05) is 0 Å². The molecule has 0 fully saturated rings. The number of pyridine rings is 1. The van der Waals surface area contributed by atoms with Gasteiger partial charge in [-0.3, -0.25) is 19.4 Å². The smallest absolute Gasteiger partial charge is 0.274 e. The van der Waals surface area contributed by atoms with Crippen LogP contribution in [-0.2, 0) is 0 Å². The van der Waals surface area contributed by atoms with E-state index in [-0.39, 0.29) is 17.0 Å². The number of nitrogens with one attached hydrogen (secondary N) is 2. The number of ketones is 1. The van der Waals surface area contributed by atoms with Gasteiger partial charge in [0.25, 0.3) is 11.8 Å². The first-order valence-electron chi connectivity index (χ1n) is 8.38. The fraction of sp³-hybridized carbons (Fsp3) is 0.0476. The molecule has 1 heterocycles. The molecule has 3 rings (SSSR count). The molecule has 3 aromatic rings. The van der Waals surface area contributed by atoms with Gasteiger partial charge in [-0.15, -0.1) is 0 Å². The van der Waals surface area contributed by atoms with E-state index in [9.17, 15) is 18.8 Å². The summed E-state index contributed by atoms with van der Waals surface area (Å²) in [6.07, 6.45) is 1.35. The molecule has 7 heteroatoms. The number of benzene rings is 2. The average molecular weight is 377 g/mol. The molecule has 2 amide bonds. The first-order chi connectivity index (χ1) is 13.4. The van der Waals surface area contributed by atoms with Crippen molar-refractivity contribution in [3.63, 3.8) is 0 Å². The molecule has 0 radical (unpaired) electrons. The van der Waals surface area contributed by atoms with Gasteiger partial charge in [0, 0.05) is 28.7 Å². The molecule has 6 nitrogen and oxygen atoms in total. The number of carbonyl (C=O) groups excluding carboxylic acids is 3. The number of nitrogens with zero attached hydrogens (tertiary/aromatic N) is 1. The third-order valence-electron chi connectivity index (χ3n) is 3.88. The van der Waals surface area contributed by atoms with Crippen LogP contribution in [0.5, 0.6) is 0 Å². The normalized spacial score (nSPS) is 10.2. The molecule has 2 aromatic carbocycles. The standard InChI is InChI=1S/C21H16FN3O3/c1-13(26)14-3-2-4-18(11-14)25-20(27)15-9-10-23-19(12-15)21(28)24-17-7-5-16(22)6-8-17/h2-12H,1H3,(H,24,28)(H,25,27). The molecule has 0 saturated heterocycles. The van der Waals surface area contributed by atoms with E-state index in [1.165, 1.54) is 49.5 Å². The van der Waals surface area contributed by atoms with Crippen molar-refractivity contribution < 1.29 is 18.8 Å². The molecule has 0 aliphatic heterocycles. The predicted molar refractivity (Wildman–Crippen MR) is 103 cm³/mol. The molecule has 140 valence electrons. The van der Waals surface area contributed by atoms with Crippen molar-refractivity contribution in [1.82, 2.24) is 4.98 Å². The van der Waals surface area contributed by atoms with Crippen LogP contribution in [-0.4, -0.2) is 22.6 Å². The highest BCUT2D eigenvalue weighted by molar-refractivity contribution is 6.08. The molecule has 2 N–H and O–H groups in total. The maximum absolute atomic E-state index is 12.9. The van der Waals surface area contributed by atoms with Crippen LogP contribution in [0.2, 0.25) is 0 Å². The number of aromatic nitrogens is 1. The Morgan fingerprint density at radius 1 is 0.821 bits per heavy atom. The molecule has 28 heavy (non-hydrogen) atoms. The molecule has 0 spiro atoms. The van der Waals surface area contributed by atoms with Crippen LogP contribution in [0.15, 0.2) is 66.9 Å². The number of carbonyl (C=O) groups is 3. The summed E-state index contributed by atoms with van der Waals surface area (Å²) in [4.78, 5) is 40.2. The highest BCUT2D eigenvalue weighted by Gasteiger charge is 2.13. The topological polar surface area (TPSA) is 88.2 Å². The van der Waals surface area contributed by atoms with Gasteiger partial charge in [0.2, 0.25) is 0 Å². The lowest BCUT2D eigenvalue weighted by molar-refractivity contribution is 0.100. The predicted octanol–water partition coefficient (Wildman–Crippen LogP) is 3.93. The molecular formula is C21H16FN3O3. The monoisotopic (exact) mass is 377 g/mol. The number of halogens is 1. The zero-order valence-corrected chi connectivity index (χ0v) is 14.9. The Morgan fingerprint density at radius 3 is 2.25 bits per heavy atom. The third kappa shape index (κ3) is 4.64. The van der Waals surface area contributed by atoms with Crippen LogP contribution in [0.4, 0.5) is 15.8 Å². The number of Topliss-reactive ketones (excluding diaryl/α,β-unsaturated/α-hetero) is 1. The van der Waals surface area contributed by atoms with E-state index in [1.54, 1.807) is 24.3 Å². The highest BCUT2D eigenvalue weighted by Crippen LogP contribution is 2.14. The lowest BCUT2D eigenvalue weighted by atomic mass is 10.1. The summed E-state index contributed by atoms with van der Waals surface area (Å²) in [7, 11) is 0. The molecule has 0 bridgehead atoms. The van der Waals surface area contributed by atoms with E-state index in [2.05, 4.69) is 15.6 Å². The van der Waals surface area contributed by atoms with Crippen molar-refractivity contribution in [3.05, 3.63) is 89.5 Å². The van der Waals surface area contributed by atoms with E-state index in [0.29, 0.717) is 16.9 Å². The highest BCUT2D eigenvalue weighted by atomic mass is 19.1. The van der Waals surface area contributed by atoms with E-state index in [4.69, 9.17) is 0 Å². The van der Waals surface area contributed by atoms with Gasteiger partial charge in [-0.25, -0.2) is 4.39 Å². The number of rotatable bonds is 5. The summed E-state index contributed by atoms with van der Waals surface area (Å²) in [6.45, 7) is 1.44. The first kappa shape index (κ1) is 18.9. The van der Waals surface area contributed by atoms with Crippen molar-refractivity contribution in [3.8, 4) is 0 Å². The Kier molecular flexibility index (Phi) is 5.55. The Morgan fingerprint density at radius 2 is 1.54 bits per heavy atom. The Bertz CT molecular complexity index is 1050. The van der Waals surface area contributed by atoms with E-state index < -0.39 is 17.6 Å². The third-order valence-corrected chi connectivity index (χ3v) is 3.88. The van der Waals surface area contributed by atoms with Crippen molar-refractivity contribution in [2.45, 2.75) is 6.92 Å². The molecule has 0 saturated carbocycles. The van der Waals surface area contributed by atoms with Gasteiger partial charge in [0.1, 0.15) is 11.5 Å². The molecule has 0 aliphatic carbocycles. The summed E-state index contributed by atoms with van der Waals surface area (Å²) in [5.74, 6) is -1.50. The Balaban J connectivity index is 1.74. The van der Waals surface area contributed by atoms with Crippen LogP contribution >= 0.6 is 0 Å². The molecular weight excluding hydrogens is 361 g/mol. The van der Waals surface area contributed by atoms with Crippen LogP contribution in [0.25, 0.3) is 0 Å². The minimum atomic E-state index is -0.528. The van der Waals surface area contributed by atoms with Crippen molar-refractivity contribution >= 4 is 29.0 Å². The largest absolute Gasteiger partial charge is 0.322 e. The minimum absolute atomic E-state index is 0.0365. The zero-order valence-electron chi connectivity index (χ0n) is 14.9. The Hall–Kier alpha value is -3.87. The number of hydrogen-bond donors (Lipinski definition) is 2. The summed E-state index contributed by atoms with van der Waals surface area (Å²) < 4.78 is 12.9. The van der Waals surface area contributed by atoms with Gasteiger partial charge in [0.05, 0.1) is 0 Å². The second kappa shape index (κ2) is 8.22. The zero-order chi connectivity index (χ0) is 20.1. The van der Waals surface area contributed by atoms with E-state index in [0.717, 1.165) is 0 Å². The quantitative estimate of drug-likeness (QED) is 0.660. The second-order valence-corrected chi connectivity index (χ2v) is 5.98. The lowest BCUT2D eigenvalue weighted by Gasteiger charge is -2.08. The Labute approximate surface area is 160 Å². The van der Waals surface area contributed by atoms with Crippen LogP contribution in [0.3, 0.4) is 0 Å². The van der Waals surface area contributed by atoms with Gasteiger partial charge in [-0.2, -0.15) is 0 Å². The maximum atomic E-state index is 12.9. The van der Waals surface area contributed by atoms with Crippen molar-refractivity contribution in [2.24, 2.45) is 0 Å². The first-order valence-corrected chi connectivity index (χ1v) is 8.38. The number of anilines is 2. The fourth-order valence-corrected chi connectivity index (χ4v) is 2.44. The molecule has 1 aromatic heterocycles. The second-order valence-electron chi connectivity index (χ2n) is 5.98. The van der Waals surface area contributed by atoms with Gasteiger partial charge in [-0.1, -0.05) is 12.1 Å². The van der Waals surface area contributed by atoms with Gasteiger partial charge in [0.15, 0.2) is 5.78 Å². The van der Waals surface area contributed by atoms with Crippen LogP contribution in [0.1, 0.15) is 38.1 Å². The fourth-order valence-electron chi connectivity index (χ4n) is 2.44. The molecule has 0 aliphatic rings. The SMILES string of the molecule is CC(=O)c1cccc(NC(=O)c2ccnc(C(=O)Nc3ccc(F)cc3)c2)c1. The maximum Gasteiger partial charge on any atom is 0.274 e. The van der Waals surface area contributed by atoms with E-state index >= 15 is 0 Å². The van der Waals surface area contributed by atoms with Crippen LogP contribution in [0, 0.1) is 5.82 Å². The summed E-state index contributed by atoms with van der Waals surface area (Å²) in [6, 6.07) is 14.7. The number of amides is 2. The van der Waals surface area contributed by atoms with Gasteiger partial charge in [-0.05, 0) is 55.5 Å². The van der Waals surface area contributed by atoms with Crippen molar-refractivity contribution in [1.29, 1.82) is 0 Å². The number of hydrogen-bond acceptors (Lipinski definition) is 4. The van der Waals surface area contributed by atoms with Crippen LogP contribution < -0.4 is 10.6 Å². The van der Waals surface area contributed by atoms with Crippen molar-refractivity contribution in [2.75, 3.05) is 10.6 Å².